The molecule has 0 aliphatic heterocycles. The molecule has 0 unspecified atom stereocenters. The third kappa shape index (κ3) is 2.36. The molecule has 0 heterocycles. The van der Waals surface area contributed by atoms with Gasteiger partial charge in [0.05, 0.1) is 12.0 Å². The molecule has 0 atom stereocenters. The van der Waals surface area contributed by atoms with Crippen LogP contribution in [0.5, 0.6) is 5.75 Å². The topological polar surface area (TPSA) is 69.4 Å². The van der Waals surface area contributed by atoms with Gasteiger partial charge in [-0.3, -0.25) is 0 Å². The highest BCUT2D eigenvalue weighted by Crippen LogP contribution is 2.24. The molecular formula is C7H9NO3S2. The van der Waals surface area contributed by atoms with Gasteiger partial charge in [-0.25, -0.2) is 13.6 Å². The van der Waals surface area contributed by atoms with Crippen molar-refractivity contribution in [3.8, 4) is 5.75 Å². The molecule has 0 aliphatic carbocycles. The van der Waals surface area contributed by atoms with Crippen molar-refractivity contribution in [2.75, 3.05) is 7.11 Å². The zero-order chi connectivity index (χ0) is 10.1. The van der Waals surface area contributed by atoms with Crippen molar-refractivity contribution in [1.82, 2.24) is 0 Å². The second-order valence-corrected chi connectivity index (χ2v) is 4.42. The van der Waals surface area contributed by atoms with Crippen LogP contribution < -0.4 is 9.88 Å². The Morgan fingerprint density at radius 1 is 1.46 bits per heavy atom. The Hall–Kier alpha value is -0.720. The maximum Gasteiger partial charge on any atom is 0.238 e. The van der Waals surface area contributed by atoms with Crippen molar-refractivity contribution in [2.45, 2.75) is 9.79 Å². The van der Waals surface area contributed by atoms with E-state index in [-0.39, 0.29) is 4.90 Å². The van der Waals surface area contributed by atoms with E-state index < -0.39 is 10.0 Å². The van der Waals surface area contributed by atoms with Crippen LogP contribution in [0.3, 0.4) is 0 Å². The third-order valence-electron chi connectivity index (χ3n) is 1.48. The predicted octanol–water partition coefficient (Wildman–Crippen LogP) is 0.631. The summed E-state index contributed by atoms with van der Waals surface area (Å²) >= 11 is 4.06. The molecule has 0 spiro atoms. The number of primary sulfonamides is 1. The lowest BCUT2D eigenvalue weighted by Crippen LogP contribution is -2.12. The van der Waals surface area contributed by atoms with E-state index in [1.807, 2.05) is 0 Å². The summed E-state index contributed by atoms with van der Waals surface area (Å²) in [6.45, 7) is 0. The molecule has 13 heavy (non-hydrogen) atoms. The minimum Gasteiger partial charge on any atom is -0.496 e. The Bertz CT molecular complexity index is 414. The van der Waals surface area contributed by atoms with E-state index in [0.717, 1.165) is 0 Å². The normalized spacial score (nSPS) is 11.3. The molecule has 1 aromatic rings. The Balaban J connectivity index is 3.30. The minimum atomic E-state index is -3.67. The summed E-state index contributed by atoms with van der Waals surface area (Å²) in [5, 5.41) is 4.92. The molecule has 0 aromatic heterocycles. The SMILES string of the molecule is COc1cc(S(N)(=O)=O)ccc1S. The van der Waals surface area contributed by atoms with E-state index in [1.165, 1.54) is 25.3 Å². The van der Waals surface area contributed by atoms with E-state index in [0.29, 0.717) is 10.6 Å². The van der Waals surface area contributed by atoms with Gasteiger partial charge in [0.25, 0.3) is 0 Å². The van der Waals surface area contributed by atoms with Gasteiger partial charge in [-0.15, -0.1) is 12.6 Å². The van der Waals surface area contributed by atoms with Gasteiger partial charge >= 0.3 is 0 Å². The lowest BCUT2D eigenvalue weighted by atomic mass is 10.3. The van der Waals surface area contributed by atoms with Crippen LogP contribution in [0, 0.1) is 0 Å². The number of rotatable bonds is 2. The number of methoxy groups -OCH3 is 1. The molecule has 4 nitrogen and oxygen atoms in total. The van der Waals surface area contributed by atoms with Gasteiger partial charge < -0.3 is 4.74 Å². The summed E-state index contributed by atoms with van der Waals surface area (Å²) in [6.07, 6.45) is 0. The van der Waals surface area contributed by atoms with Crippen LogP contribution in [0.15, 0.2) is 28.0 Å². The number of hydrogen-bond acceptors (Lipinski definition) is 4. The molecule has 0 aliphatic rings. The summed E-state index contributed by atoms with van der Waals surface area (Å²) < 4.78 is 26.7. The van der Waals surface area contributed by atoms with Gasteiger partial charge in [-0.05, 0) is 12.1 Å². The van der Waals surface area contributed by atoms with E-state index in [2.05, 4.69) is 12.6 Å². The number of hydrogen-bond donors (Lipinski definition) is 2. The molecule has 0 fully saturated rings. The molecule has 1 aromatic carbocycles. The lowest BCUT2D eigenvalue weighted by Gasteiger charge is -2.04. The maximum absolute atomic E-state index is 10.9. The lowest BCUT2D eigenvalue weighted by molar-refractivity contribution is 0.403. The summed E-state index contributed by atoms with van der Waals surface area (Å²) in [5.74, 6) is 0.384. The second kappa shape index (κ2) is 3.57. The van der Waals surface area contributed by atoms with Gasteiger partial charge in [0.2, 0.25) is 10.0 Å². The summed E-state index contributed by atoms with van der Waals surface area (Å²) in [4.78, 5) is 0.581. The first-order valence-electron chi connectivity index (χ1n) is 3.35. The number of benzene rings is 1. The van der Waals surface area contributed by atoms with Gasteiger partial charge in [0.1, 0.15) is 5.75 Å². The monoisotopic (exact) mass is 219 g/mol. The Kier molecular flexibility index (Phi) is 2.84. The molecule has 0 saturated carbocycles. The first kappa shape index (κ1) is 10.4. The fourth-order valence-corrected chi connectivity index (χ4v) is 1.59. The van der Waals surface area contributed by atoms with Gasteiger partial charge in [-0.1, -0.05) is 0 Å². The van der Waals surface area contributed by atoms with Gasteiger partial charge in [-0.2, -0.15) is 0 Å². The second-order valence-electron chi connectivity index (χ2n) is 2.38. The quantitative estimate of drug-likeness (QED) is 0.717. The van der Waals surface area contributed by atoms with Crippen LogP contribution >= 0.6 is 12.6 Å². The molecule has 0 amide bonds. The van der Waals surface area contributed by atoms with Crippen LogP contribution in [0.25, 0.3) is 0 Å². The Morgan fingerprint density at radius 3 is 2.54 bits per heavy atom. The molecule has 0 bridgehead atoms. The van der Waals surface area contributed by atoms with Crippen molar-refractivity contribution < 1.29 is 13.2 Å². The van der Waals surface area contributed by atoms with Gasteiger partial charge in [0.15, 0.2) is 0 Å². The van der Waals surface area contributed by atoms with Crippen LogP contribution in [0.4, 0.5) is 0 Å². The Morgan fingerprint density at radius 2 is 2.08 bits per heavy atom. The average Bonchev–Trinajstić information content (AvgIpc) is 2.03. The molecule has 1 rings (SSSR count). The molecule has 2 N–H and O–H groups in total. The van der Waals surface area contributed by atoms with Crippen LogP contribution in [0.2, 0.25) is 0 Å². The fraction of sp³-hybridized carbons (Fsp3) is 0.143. The summed E-state index contributed by atoms with van der Waals surface area (Å²) in [6, 6.07) is 4.22. The molecule has 6 heteroatoms. The van der Waals surface area contributed by atoms with Crippen LogP contribution in [0.1, 0.15) is 0 Å². The predicted molar refractivity (Wildman–Crippen MR) is 51.6 cm³/mol. The fourth-order valence-electron chi connectivity index (χ4n) is 0.835. The first-order chi connectivity index (χ1) is 5.95. The highest BCUT2D eigenvalue weighted by molar-refractivity contribution is 7.89. The average molecular weight is 219 g/mol. The number of nitrogens with two attached hydrogens (primary N) is 1. The van der Waals surface area contributed by atoms with Crippen molar-refractivity contribution in [2.24, 2.45) is 5.14 Å². The standard InChI is InChI=1S/C7H9NO3S2/c1-11-6-4-5(13(8,9)10)2-3-7(6)12/h2-4,12H,1H3,(H2,8,9,10). The van der Waals surface area contributed by atoms with E-state index in [4.69, 9.17) is 9.88 Å². The molecule has 0 radical (unpaired) electrons. The summed E-state index contributed by atoms with van der Waals surface area (Å²) in [7, 11) is -2.23. The third-order valence-corrected chi connectivity index (χ3v) is 2.76. The zero-order valence-electron chi connectivity index (χ0n) is 6.89. The summed E-state index contributed by atoms with van der Waals surface area (Å²) in [5.41, 5.74) is 0. The smallest absolute Gasteiger partial charge is 0.238 e. The van der Waals surface area contributed by atoms with Crippen LogP contribution in [-0.4, -0.2) is 15.5 Å². The molecular weight excluding hydrogens is 210 g/mol. The highest BCUT2D eigenvalue weighted by atomic mass is 32.2. The number of ether oxygens (including phenoxy) is 1. The number of sulfonamides is 1. The van der Waals surface area contributed by atoms with Crippen molar-refractivity contribution >= 4 is 22.7 Å². The van der Waals surface area contributed by atoms with E-state index in [9.17, 15) is 8.42 Å². The van der Waals surface area contributed by atoms with E-state index >= 15 is 0 Å². The Labute approximate surface area is 82.2 Å². The van der Waals surface area contributed by atoms with E-state index in [1.54, 1.807) is 0 Å². The minimum absolute atomic E-state index is 0.0159. The number of thiol groups is 1. The zero-order valence-corrected chi connectivity index (χ0v) is 8.60. The first-order valence-corrected chi connectivity index (χ1v) is 5.34. The maximum atomic E-state index is 10.9. The highest BCUT2D eigenvalue weighted by Gasteiger charge is 2.09. The molecule has 0 saturated heterocycles. The van der Waals surface area contributed by atoms with Gasteiger partial charge in [0, 0.05) is 11.0 Å². The van der Waals surface area contributed by atoms with Crippen LogP contribution in [-0.2, 0) is 10.0 Å². The van der Waals surface area contributed by atoms with Crippen molar-refractivity contribution in [1.29, 1.82) is 0 Å². The molecule has 72 valence electrons. The largest absolute Gasteiger partial charge is 0.496 e. The van der Waals surface area contributed by atoms with Crippen molar-refractivity contribution in [3.05, 3.63) is 18.2 Å². The van der Waals surface area contributed by atoms with Crippen molar-refractivity contribution in [3.63, 3.8) is 0 Å².